The molecule has 0 N–H and O–H groups in total. The Morgan fingerprint density at radius 3 is 3.05 bits per heavy atom. The molecule has 6 heteroatoms. The summed E-state index contributed by atoms with van der Waals surface area (Å²) >= 11 is 0. The zero-order valence-electron chi connectivity index (χ0n) is 11.1. The van der Waals surface area contributed by atoms with Gasteiger partial charge in [0, 0.05) is 19.7 Å². The van der Waals surface area contributed by atoms with Crippen molar-refractivity contribution < 1.29 is 9.53 Å². The van der Waals surface area contributed by atoms with Crippen molar-refractivity contribution in [1.29, 1.82) is 0 Å². The summed E-state index contributed by atoms with van der Waals surface area (Å²) < 4.78 is 7.41. The highest BCUT2D eigenvalue weighted by atomic mass is 16.5. The number of carbonyl (C=O) groups is 1. The number of ether oxygens (including phenoxy) is 1. The largest absolute Gasteiger partial charge is 0.378 e. The van der Waals surface area contributed by atoms with Gasteiger partial charge in [-0.1, -0.05) is 0 Å². The first-order chi connectivity index (χ1) is 9.33. The number of rotatable bonds is 3. The van der Waals surface area contributed by atoms with Crippen molar-refractivity contribution in [1.82, 2.24) is 19.7 Å². The molecule has 2 aliphatic rings. The van der Waals surface area contributed by atoms with E-state index in [-0.39, 0.29) is 18.1 Å². The molecule has 2 fully saturated rings. The fraction of sp³-hybridized carbons (Fsp3) is 0.769. The average Bonchev–Trinajstić information content (AvgIpc) is 3.12. The molecule has 1 aromatic heterocycles. The number of hydrogen-bond donors (Lipinski definition) is 0. The maximum Gasteiger partial charge on any atom is 0.225 e. The summed E-state index contributed by atoms with van der Waals surface area (Å²) in [6.45, 7) is 2.41. The van der Waals surface area contributed by atoms with Crippen LogP contribution in [0.5, 0.6) is 0 Å². The molecule has 1 aromatic rings. The number of likely N-dealkylation sites (tertiary alicyclic amines) is 1. The zero-order valence-corrected chi connectivity index (χ0v) is 11.1. The van der Waals surface area contributed by atoms with E-state index in [1.54, 1.807) is 12.7 Å². The number of hydrogen-bond acceptors (Lipinski definition) is 4. The number of carbonyl (C=O) groups excluding carboxylic acids is 1. The summed E-state index contributed by atoms with van der Waals surface area (Å²) in [5.41, 5.74) is 0. The van der Waals surface area contributed by atoms with Crippen molar-refractivity contribution in [3.05, 3.63) is 12.7 Å². The lowest BCUT2D eigenvalue weighted by Crippen LogP contribution is -2.41. The number of amides is 1. The first-order valence-electron chi connectivity index (χ1n) is 7.06. The summed E-state index contributed by atoms with van der Waals surface area (Å²) in [4.78, 5) is 18.2. The number of aromatic nitrogens is 3. The summed E-state index contributed by atoms with van der Waals surface area (Å²) in [5.74, 6) is 0.219. The van der Waals surface area contributed by atoms with E-state index in [1.165, 1.54) is 0 Å². The van der Waals surface area contributed by atoms with Gasteiger partial charge in [-0.15, -0.1) is 0 Å². The smallest absolute Gasteiger partial charge is 0.225 e. The average molecular weight is 264 g/mol. The molecule has 0 aliphatic carbocycles. The minimum absolute atomic E-state index is 0.138. The second kappa shape index (κ2) is 5.69. The lowest BCUT2D eigenvalue weighted by molar-refractivity contribution is -0.135. The van der Waals surface area contributed by atoms with Gasteiger partial charge in [-0.2, -0.15) is 5.10 Å². The Morgan fingerprint density at radius 2 is 2.32 bits per heavy atom. The fourth-order valence-corrected chi connectivity index (χ4v) is 2.93. The molecule has 3 rings (SSSR count). The van der Waals surface area contributed by atoms with Crippen molar-refractivity contribution in [3.63, 3.8) is 0 Å². The highest BCUT2D eigenvalue weighted by Gasteiger charge is 2.27. The predicted octanol–water partition coefficient (Wildman–Crippen LogP) is 1.01. The molecule has 6 nitrogen and oxygen atoms in total. The van der Waals surface area contributed by atoms with E-state index in [0.717, 1.165) is 45.4 Å². The SMILES string of the molecule is O=C(C[C@H]1CCCO1)N1CCC[C@@H](n2cncn2)C1. The first kappa shape index (κ1) is 12.6. The van der Waals surface area contributed by atoms with E-state index >= 15 is 0 Å². The Labute approximate surface area is 112 Å². The molecule has 104 valence electrons. The molecule has 2 aliphatic heterocycles. The highest BCUT2D eigenvalue weighted by Crippen LogP contribution is 2.22. The monoisotopic (exact) mass is 264 g/mol. The van der Waals surface area contributed by atoms with E-state index in [1.807, 2.05) is 9.58 Å². The molecule has 0 unspecified atom stereocenters. The summed E-state index contributed by atoms with van der Waals surface area (Å²) in [6.07, 6.45) is 8.15. The molecule has 19 heavy (non-hydrogen) atoms. The van der Waals surface area contributed by atoms with Gasteiger partial charge in [-0.3, -0.25) is 4.79 Å². The van der Waals surface area contributed by atoms with Crippen molar-refractivity contribution in [2.24, 2.45) is 0 Å². The summed E-state index contributed by atoms with van der Waals surface area (Å²) in [7, 11) is 0. The molecule has 0 bridgehead atoms. The molecular formula is C13H20N4O2. The van der Waals surface area contributed by atoms with E-state index < -0.39 is 0 Å². The van der Waals surface area contributed by atoms with Crippen molar-refractivity contribution in [3.8, 4) is 0 Å². The molecule has 3 heterocycles. The van der Waals surface area contributed by atoms with Crippen LogP contribution in [0.2, 0.25) is 0 Å². The topological polar surface area (TPSA) is 60.2 Å². The summed E-state index contributed by atoms with van der Waals surface area (Å²) in [5, 5.41) is 4.18. The van der Waals surface area contributed by atoms with Crippen LogP contribution in [-0.2, 0) is 9.53 Å². The van der Waals surface area contributed by atoms with Crippen LogP contribution in [0, 0.1) is 0 Å². The minimum Gasteiger partial charge on any atom is -0.378 e. The molecule has 2 atom stereocenters. The molecule has 0 saturated carbocycles. The fourth-order valence-electron chi connectivity index (χ4n) is 2.93. The molecule has 0 aromatic carbocycles. The van der Waals surface area contributed by atoms with Gasteiger partial charge in [0.2, 0.25) is 5.91 Å². The van der Waals surface area contributed by atoms with Gasteiger partial charge in [-0.05, 0) is 25.7 Å². The van der Waals surface area contributed by atoms with Gasteiger partial charge in [-0.25, -0.2) is 9.67 Å². The van der Waals surface area contributed by atoms with Crippen LogP contribution in [0.4, 0.5) is 0 Å². The Bertz CT molecular complexity index is 414. The molecular weight excluding hydrogens is 244 g/mol. The van der Waals surface area contributed by atoms with Crippen LogP contribution >= 0.6 is 0 Å². The van der Waals surface area contributed by atoms with Gasteiger partial charge in [0.25, 0.3) is 0 Å². The second-order valence-electron chi connectivity index (χ2n) is 5.35. The van der Waals surface area contributed by atoms with Gasteiger partial charge < -0.3 is 9.64 Å². The first-order valence-corrected chi connectivity index (χ1v) is 7.06. The van der Waals surface area contributed by atoms with Crippen molar-refractivity contribution in [2.45, 2.75) is 44.2 Å². The molecule has 2 saturated heterocycles. The maximum absolute atomic E-state index is 12.3. The Morgan fingerprint density at radius 1 is 1.37 bits per heavy atom. The molecule has 0 radical (unpaired) electrons. The van der Waals surface area contributed by atoms with Crippen LogP contribution in [-0.4, -0.2) is 51.4 Å². The minimum atomic E-state index is 0.138. The molecule has 0 spiro atoms. The lowest BCUT2D eigenvalue weighted by Gasteiger charge is -2.33. The zero-order chi connectivity index (χ0) is 13.1. The van der Waals surface area contributed by atoms with E-state index in [0.29, 0.717) is 6.42 Å². The van der Waals surface area contributed by atoms with Crippen molar-refractivity contribution in [2.75, 3.05) is 19.7 Å². The Kier molecular flexibility index (Phi) is 3.77. The predicted molar refractivity (Wildman–Crippen MR) is 68.5 cm³/mol. The van der Waals surface area contributed by atoms with Gasteiger partial charge in [0.1, 0.15) is 12.7 Å². The highest BCUT2D eigenvalue weighted by molar-refractivity contribution is 5.76. The third-order valence-electron chi connectivity index (χ3n) is 3.99. The normalized spacial score (nSPS) is 27.7. The van der Waals surface area contributed by atoms with E-state index in [9.17, 15) is 4.79 Å². The van der Waals surface area contributed by atoms with Crippen molar-refractivity contribution >= 4 is 5.91 Å². The van der Waals surface area contributed by atoms with E-state index in [2.05, 4.69) is 10.1 Å². The summed E-state index contributed by atoms with van der Waals surface area (Å²) in [6, 6.07) is 0.268. The van der Waals surface area contributed by atoms with Crippen LogP contribution in [0.15, 0.2) is 12.7 Å². The number of piperidine rings is 1. The number of nitrogens with zero attached hydrogens (tertiary/aromatic N) is 4. The van der Waals surface area contributed by atoms with Crippen LogP contribution < -0.4 is 0 Å². The van der Waals surface area contributed by atoms with Gasteiger partial charge >= 0.3 is 0 Å². The van der Waals surface area contributed by atoms with Crippen LogP contribution in [0.3, 0.4) is 0 Å². The van der Waals surface area contributed by atoms with Gasteiger partial charge in [0.15, 0.2) is 0 Å². The third-order valence-corrected chi connectivity index (χ3v) is 3.99. The Hall–Kier alpha value is -1.43. The Balaban J connectivity index is 1.56. The maximum atomic E-state index is 12.3. The second-order valence-corrected chi connectivity index (χ2v) is 5.35. The van der Waals surface area contributed by atoms with Gasteiger partial charge in [0.05, 0.1) is 18.6 Å². The van der Waals surface area contributed by atoms with Crippen LogP contribution in [0.25, 0.3) is 0 Å². The molecule has 1 amide bonds. The van der Waals surface area contributed by atoms with Crippen LogP contribution in [0.1, 0.15) is 38.1 Å². The third kappa shape index (κ3) is 2.94. The lowest BCUT2D eigenvalue weighted by atomic mass is 10.0. The standard InChI is InChI=1S/C13H20N4O2/c18-13(7-12-4-2-6-19-12)16-5-1-3-11(8-16)17-10-14-9-15-17/h9-12H,1-8H2/t11-,12-/m1/s1. The quantitative estimate of drug-likeness (QED) is 0.817. The van der Waals surface area contributed by atoms with E-state index in [4.69, 9.17) is 4.74 Å².